The van der Waals surface area contributed by atoms with Gasteiger partial charge in [0.2, 0.25) is 0 Å². The monoisotopic (exact) mass is 314 g/mol. The van der Waals surface area contributed by atoms with Gasteiger partial charge in [0.1, 0.15) is 0 Å². The topological polar surface area (TPSA) is 55.4 Å². The Bertz CT molecular complexity index is 185. The molecule has 0 unspecified atom stereocenters. The van der Waals surface area contributed by atoms with Gasteiger partial charge in [-0.3, -0.25) is 0 Å². The second-order valence-electron chi connectivity index (χ2n) is 4.20. The van der Waals surface area contributed by atoms with Gasteiger partial charge in [0.05, 0.1) is 0 Å². The van der Waals surface area contributed by atoms with Crippen LogP contribution < -0.4 is 0 Å². The molecule has 0 N–H and O–H groups in total. The maximum Gasteiger partial charge on any atom is 0.500 e. The fourth-order valence-electron chi connectivity index (χ4n) is 1.07. The van der Waals surface area contributed by atoms with Gasteiger partial charge in [0, 0.05) is 55.3 Å². The molecule has 0 fully saturated rings. The van der Waals surface area contributed by atoms with E-state index in [4.69, 9.17) is 26.9 Å². The highest BCUT2D eigenvalue weighted by atomic mass is 28.4. The Labute approximate surface area is 119 Å². The molecule has 0 atom stereocenters. The van der Waals surface area contributed by atoms with Crippen molar-refractivity contribution in [1.29, 1.82) is 0 Å². The van der Waals surface area contributed by atoms with E-state index in [1.54, 1.807) is 42.7 Å². The van der Waals surface area contributed by atoms with Crippen molar-refractivity contribution in [2.24, 2.45) is 0 Å². The van der Waals surface area contributed by atoms with Crippen LogP contribution in [0.3, 0.4) is 0 Å². The Kier molecular flexibility index (Phi) is 13.5. The first-order chi connectivity index (χ1) is 8.86. The van der Waals surface area contributed by atoms with Gasteiger partial charge in [-0.25, -0.2) is 0 Å². The Morgan fingerprint density at radius 1 is 0.684 bits per heavy atom. The van der Waals surface area contributed by atoms with Crippen LogP contribution in [0.2, 0.25) is 19.1 Å². The maximum absolute atomic E-state index is 5.22. The zero-order valence-electron chi connectivity index (χ0n) is 13.6. The van der Waals surface area contributed by atoms with Gasteiger partial charge in [0.25, 0.3) is 0 Å². The number of ether oxygens (including phenoxy) is 1. The van der Waals surface area contributed by atoms with E-state index in [2.05, 4.69) is 0 Å². The summed E-state index contributed by atoms with van der Waals surface area (Å²) in [5.41, 5.74) is 0. The summed E-state index contributed by atoms with van der Waals surface area (Å²) < 4.78 is 30.6. The zero-order valence-corrected chi connectivity index (χ0v) is 15.6. The van der Waals surface area contributed by atoms with Gasteiger partial charge in [-0.05, 0) is 19.5 Å². The van der Waals surface area contributed by atoms with Gasteiger partial charge < -0.3 is 26.9 Å². The van der Waals surface area contributed by atoms with Crippen molar-refractivity contribution in [2.45, 2.75) is 25.6 Å². The largest absolute Gasteiger partial charge is 0.500 e. The molecule has 19 heavy (non-hydrogen) atoms. The Balaban J connectivity index is 0. The highest BCUT2D eigenvalue weighted by molar-refractivity contribution is 6.64. The molecule has 0 aromatic carbocycles. The van der Waals surface area contributed by atoms with Crippen LogP contribution in [0.25, 0.3) is 0 Å². The predicted octanol–water partition coefficient (Wildman–Crippen LogP) is 1.88. The summed E-state index contributed by atoms with van der Waals surface area (Å²) in [7, 11) is 5.89. The van der Waals surface area contributed by atoms with Gasteiger partial charge in [0.15, 0.2) is 0 Å². The van der Waals surface area contributed by atoms with E-state index < -0.39 is 17.4 Å². The molecule has 0 bridgehead atoms. The fourth-order valence-corrected chi connectivity index (χ4v) is 2.93. The highest BCUT2D eigenvalue weighted by Gasteiger charge is 2.36. The molecule has 6 nitrogen and oxygen atoms in total. The summed E-state index contributed by atoms with van der Waals surface area (Å²) in [6.07, 6.45) is 0.901. The lowest BCUT2D eigenvalue weighted by molar-refractivity contribution is 0.117. The van der Waals surface area contributed by atoms with Crippen LogP contribution in [0.15, 0.2) is 0 Å². The highest BCUT2D eigenvalue weighted by Crippen LogP contribution is 2.14. The van der Waals surface area contributed by atoms with Crippen LogP contribution in [0, 0.1) is 0 Å². The smallest absolute Gasteiger partial charge is 0.398 e. The second-order valence-corrected chi connectivity index (χ2v) is 10.9. The van der Waals surface area contributed by atoms with Crippen molar-refractivity contribution in [3.8, 4) is 0 Å². The molecule has 0 saturated carbocycles. The first kappa shape index (κ1) is 21.5. The third kappa shape index (κ3) is 10.6. The molecule has 0 aromatic heterocycles. The predicted molar refractivity (Wildman–Crippen MR) is 79.6 cm³/mol. The third-order valence-electron chi connectivity index (χ3n) is 2.75. The van der Waals surface area contributed by atoms with Crippen molar-refractivity contribution >= 4 is 17.4 Å². The van der Waals surface area contributed by atoms with Gasteiger partial charge >= 0.3 is 17.4 Å². The van der Waals surface area contributed by atoms with Gasteiger partial charge in [-0.1, -0.05) is 0 Å². The van der Waals surface area contributed by atoms with Crippen molar-refractivity contribution < 1.29 is 26.9 Å². The van der Waals surface area contributed by atoms with Crippen molar-refractivity contribution in [3.63, 3.8) is 0 Å². The van der Waals surface area contributed by atoms with E-state index in [0.717, 1.165) is 12.5 Å². The molecule has 0 aliphatic carbocycles. The van der Waals surface area contributed by atoms with Crippen molar-refractivity contribution in [3.05, 3.63) is 0 Å². The normalized spacial score (nSPS) is 12.0. The SMILES string of the molecule is COCCC[Si](OC)(OC)OC.CO[Si](C)(C)OC. The molecule has 0 aromatic rings. The maximum atomic E-state index is 5.22. The molecule has 0 aliphatic rings. The molecule has 0 radical (unpaired) electrons. The minimum atomic E-state index is -2.33. The van der Waals surface area contributed by atoms with E-state index in [9.17, 15) is 0 Å². The number of methoxy groups -OCH3 is 1. The van der Waals surface area contributed by atoms with Gasteiger partial charge in [-0.2, -0.15) is 0 Å². The summed E-state index contributed by atoms with van der Waals surface area (Å²) >= 11 is 0. The van der Waals surface area contributed by atoms with Crippen LogP contribution in [0.4, 0.5) is 0 Å². The van der Waals surface area contributed by atoms with E-state index in [1.807, 2.05) is 13.1 Å². The summed E-state index contributed by atoms with van der Waals surface area (Å²) in [4.78, 5) is 0. The number of rotatable bonds is 9. The summed E-state index contributed by atoms with van der Waals surface area (Å²) in [5, 5.41) is 0. The molecule has 0 amide bonds. The lowest BCUT2D eigenvalue weighted by Crippen LogP contribution is -2.42. The Morgan fingerprint density at radius 2 is 1.11 bits per heavy atom. The molecular formula is C11H30O6Si2. The van der Waals surface area contributed by atoms with Crippen LogP contribution in [0.1, 0.15) is 6.42 Å². The molecule has 0 aliphatic heterocycles. The average molecular weight is 315 g/mol. The minimum absolute atomic E-state index is 0.713. The van der Waals surface area contributed by atoms with E-state index >= 15 is 0 Å². The van der Waals surface area contributed by atoms with Crippen molar-refractivity contribution in [1.82, 2.24) is 0 Å². The van der Waals surface area contributed by atoms with Crippen LogP contribution >= 0.6 is 0 Å². The van der Waals surface area contributed by atoms with Gasteiger partial charge in [-0.15, -0.1) is 0 Å². The molecule has 0 heterocycles. The summed E-state index contributed by atoms with van der Waals surface area (Å²) in [6, 6.07) is 0.796. The minimum Gasteiger partial charge on any atom is -0.398 e. The molecule has 0 spiro atoms. The molecule has 0 rings (SSSR count). The average Bonchev–Trinajstić information content (AvgIpc) is 2.45. The number of hydrogen-bond acceptors (Lipinski definition) is 6. The fraction of sp³-hybridized carbons (Fsp3) is 1.00. The van der Waals surface area contributed by atoms with E-state index in [0.29, 0.717) is 6.61 Å². The summed E-state index contributed by atoms with van der Waals surface area (Å²) in [5.74, 6) is 0. The molecule has 118 valence electrons. The van der Waals surface area contributed by atoms with E-state index in [-0.39, 0.29) is 0 Å². The lowest BCUT2D eigenvalue weighted by Gasteiger charge is -2.23. The van der Waals surface area contributed by atoms with Crippen LogP contribution in [0.5, 0.6) is 0 Å². The Morgan fingerprint density at radius 3 is 1.32 bits per heavy atom. The first-order valence-corrected chi connectivity index (χ1v) is 10.9. The molecule has 0 saturated heterocycles. The van der Waals surface area contributed by atoms with E-state index in [1.165, 1.54) is 0 Å². The van der Waals surface area contributed by atoms with Crippen molar-refractivity contribution in [2.75, 3.05) is 49.3 Å². The summed E-state index contributed by atoms with van der Waals surface area (Å²) in [6.45, 7) is 4.70. The quantitative estimate of drug-likeness (QED) is 0.478. The van der Waals surface area contributed by atoms with Crippen LogP contribution in [-0.2, 0) is 26.9 Å². The second kappa shape index (κ2) is 12.0. The third-order valence-corrected chi connectivity index (χ3v) is 7.55. The molecular weight excluding hydrogens is 284 g/mol. The zero-order chi connectivity index (χ0) is 15.4. The van der Waals surface area contributed by atoms with Crippen LogP contribution in [-0.4, -0.2) is 66.6 Å². The standard InChI is InChI=1S/C7H18O4Si.C4H12O2Si/c1-8-6-5-7-12(9-2,10-3)11-4;1-5-7(3,4)6-2/h5-7H2,1-4H3;1-4H3. The first-order valence-electron chi connectivity index (χ1n) is 6.11. The number of hydrogen-bond donors (Lipinski definition) is 0. The lowest BCUT2D eigenvalue weighted by atomic mass is 10.5. The molecule has 8 heteroatoms. The Hall–Kier alpha value is 0.194.